The summed E-state index contributed by atoms with van der Waals surface area (Å²) in [6, 6.07) is 14.8. The molecule has 0 bridgehead atoms. The average molecular weight is 913 g/mol. The van der Waals surface area contributed by atoms with Gasteiger partial charge in [0, 0.05) is 11.4 Å². The number of alkyl halides is 16. The molecule has 2 aromatic carbocycles. The Kier molecular flexibility index (Phi) is 23.1. The SMILES string of the molecule is C=C[Si](C)(C)c1ccc(NC(=O)F)cc1.C=C[Si](C)(C)c1ccc(NCOCC(F)(F)F)cc1.FCC(F)(F)OC(F)C(F)(F)F.FOC(CC(F)(F)F)C(F)(F)F. The van der Waals surface area contributed by atoms with Gasteiger partial charge in [0.05, 0.1) is 6.42 Å². The lowest BCUT2D eigenvalue weighted by molar-refractivity contribution is -0.359. The van der Waals surface area contributed by atoms with Crippen molar-refractivity contribution in [3.05, 3.63) is 73.1 Å². The summed E-state index contributed by atoms with van der Waals surface area (Å²) in [7, 11) is -3.14. The second kappa shape index (κ2) is 23.7. The van der Waals surface area contributed by atoms with E-state index < -0.39 is 85.3 Å². The van der Waals surface area contributed by atoms with Crippen molar-refractivity contribution in [3.63, 3.8) is 0 Å². The average Bonchev–Trinajstić information content (AvgIpc) is 3.08. The monoisotopic (exact) mass is 912 g/mol. The second-order valence-electron chi connectivity index (χ2n) is 12.4. The summed E-state index contributed by atoms with van der Waals surface area (Å²) in [6.45, 7) is 12.4. The molecule has 0 aliphatic rings. The van der Waals surface area contributed by atoms with Crippen LogP contribution in [0.2, 0.25) is 26.2 Å². The van der Waals surface area contributed by atoms with E-state index in [1.165, 1.54) is 10.4 Å². The fourth-order valence-electron chi connectivity index (χ4n) is 3.31. The fourth-order valence-corrected chi connectivity index (χ4v) is 5.83. The van der Waals surface area contributed by atoms with E-state index >= 15 is 0 Å². The summed E-state index contributed by atoms with van der Waals surface area (Å²) >= 11 is 0. The van der Waals surface area contributed by atoms with Crippen LogP contribution in [0.25, 0.3) is 0 Å². The van der Waals surface area contributed by atoms with Crippen LogP contribution >= 0.6 is 0 Å². The van der Waals surface area contributed by atoms with Crippen molar-refractivity contribution in [1.29, 1.82) is 0 Å². The van der Waals surface area contributed by atoms with Crippen LogP contribution in [0.5, 0.6) is 0 Å². The molecular formula is C32H38F18N2O4Si2. The molecule has 2 unspecified atom stereocenters. The summed E-state index contributed by atoms with van der Waals surface area (Å²) in [6.07, 6.45) is -36.6. The second-order valence-corrected chi connectivity index (χ2v) is 21.2. The zero-order valence-electron chi connectivity index (χ0n) is 30.6. The summed E-state index contributed by atoms with van der Waals surface area (Å²) in [5.74, 6) is 0. The number of anilines is 2. The van der Waals surface area contributed by atoms with Gasteiger partial charge in [-0.15, -0.1) is 17.5 Å². The van der Waals surface area contributed by atoms with Gasteiger partial charge in [-0.3, -0.25) is 10.1 Å². The summed E-state index contributed by atoms with van der Waals surface area (Å²) < 4.78 is 213. The van der Waals surface area contributed by atoms with Crippen molar-refractivity contribution in [3.8, 4) is 0 Å². The number of carbonyl (C=O) groups is 1. The summed E-state index contributed by atoms with van der Waals surface area (Å²) in [5.41, 5.74) is 5.18. The molecule has 0 spiro atoms. The molecule has 1 amide bonds. The van der Waals surface area contributed by atoms with Gasteiger partial charge in [-0.1, -0.05) is 72.2 Å². The number of nitrogens with one attached hydrogen (secondary N) is 2. The molecule has 2 atom stereocenters. The lowest BCUT2D eigenvalue weighted by atomic mass is 10.2. The van der Waals surface area contributed by atoms with Crippen LogP contribution in [0.3, 0.4) is 0 Å². The van der Waals surface area contributed by atoms with Crippen LogP contribution in [0.4, 0.5) is 95.3 Å². The van der Waals surface area contributed by atoms with Crippen molar-refractivity contribution in [2.75, 3.05) is 30.6 Å². The van der Waals surface area contributed by atoms with Crippen LogP contribution in [-0.4, -0.2) is 85.6 Å². The molecule has 2 N–H and O–H groups in total. The van der Waals surface area contributed by atoms with E-state index in [0.29, 0.717) is 5.69 Å². The predicted octanol–water partition coefficient (Wildman–Crippen LogP) is 11.3. The smallest absolute Gasteiger partial charge is 0.363 e. The van der Waals surface area contributed by atoms with E-state index in [0.717, 1.165) is 5.69 Å². The zero-order chi connectivity index (χ0) is 46.0. The van der Waals surface area contributed by atoms with E-state index in [1.807, 2.05) is 47.8 Å². The summed E-state index contributed by atoms with van der Waals surface area (Å²) in [5, 5.41) is 7.30. The van der Waals surface area contributed by atoms with Crippen LogP contribution in [-0.2, 0) is 14.4 Å². The van der Waals surface area contributed by atoms with Crippen LogP contribution in [0.1, 0.15) is 6.42 Å². The molecule has 334 valence electrons. The van der Waals surface area contributed by atoms with Gasteiger partial charge in [0.1, 0.15) is 29.5 Å². The molecule has 0 saturated carbocycles. The maximum atomic E-state index is 12.0. The van der Waals surface area contributed by atoms with Gasteiger partial charge in [-0.05, 0) is 28.8 Å². The van der Waals surface area contributed by atoms with Crippen molar-refractivity contribution in [2.45, 2.75) is 75.9 Å². The first-order valence-electron chi connectivity index (χ1n) is 15.6. The molecule has 0 aliphatic carbocycles. The third-order valence-electron chi connectivity index (χ3n) is 6.74. The standard InChI is InChI=1S/C13H18F3NOSi.C11H14FNOSi.2C4H3F7O/c1-4-19(2,3)12-7-5-11(6-8-12)17-10-18-9-13(14,15)16;1-4-15(2,3)10-7-5-9(6-8-10)13-11(12)14;5-1-3(7,8)12-2(6)4(9,10)11;5-3(6,7)1-2(12-11)4(8,9)10/h4-8,17H,1,9-10H2,2-3H3;4-8H,1H2,2-3H3,(H,13,14);2*2H,1H2. The maximum Gasteiger partial charge on any atom is 0.445 e. The third kappa shape index (κ3) is 25.6. The van der Waals surface area contributed by atoms with Crippen LogP contribution in [0.15, 0.2) is 73.1 Å². The maximum absolute atomic E-state index is 12.0. The number of ether oxygens (including phenoxy) is 2. The van der Waals surface area contributed by atoms with Gasteiger partial charge in [-0.2, -0.15) is 66.4 Å². The molecule has 26 heteroatoms. The number of halogens is 18. The minimum Gasteiger partial charge on any atom is -0.363 e. The molecule has 58 heavy (non-hydrogen) atoms. The highest BCUT2D eigenvalue weighted by atomic mass is 28.3. The minimum atomic E-state index is -5.57. The highest BCUT2D eigenvalue weighted by Crippen LogP contribution is 2.33. The molecule has 0 heterocycles. The van der Waals surface area contributed by atoms with Crippen molar-refractivity contribution in [2.24, 2.45) is 0 Å². The van der Waals surface area contributed by atoms with Gasteiger partial charge < -0.3 is 10.1 Å². The number of carbonyl (C=O) groups excluding carboxylic acids is 1. The minimum absolute atomic E-state index is 0.166. The number of benzene rings is 2. The third-order valence-corrected chi connectivity index (χ3v) is 12.4. The Morgan fingerprint density at radius 2 is 1.14 bits per heavy atom. The lowest BCUT2D eigenvalue weighted by Gasteiger charge is -2.18. The zero-order valence-corrected chi connectivity index (χ0v) is 32.6. The molecule has 2 aromatic rings. The largest absolute Gasteiger partial charge is 0.445 e. The highest BCUT2D eigenvalue weighted by molar-refractivity contribution is 6.94. The Balaban J connectivity index is 0. The quantitative estimate of drug-likeness (QED) is 0.0494. The van der Waals surface area contributed by atoms with Crippen molar-refractivity contribution < 1.29 is 98.4 Å². The Morgan fingerprint density at radius 1 is 0.724 bits per heavy atom. The number of rotatable bonds is 14. The van der Waals surface area contributed by atoms with E-state index in [2.05, 4.69) is 64.4 Å². The first-order chi connectivity index (χ1) is 26.1. The molecule has 2 rings (SSSR count). The Hall–Kier alpha value is -3.76. The number of hydrogen-bond donors (Lipinski definition) is 2. The van der Waals surface area contributed by atoms with Crippen LogP contribution in [0, 0.1) is 0 Å². The molecule has 0 saturated heterocycles. The van der Waals surface area contributed by atoms with E-state index in [1.54, 1.807) is 12.1 Å². The Morgan fingerprint density at radius 3 is 1.41 bits per heavy atom. The normalized spacial score (nSPS) is 13.6. The van der Waals surface area contributed by atoms with E-state index in [4.69, 9.17) is 0 Å². The van der Waals surface area contributed by atoms with Gasteiger partial charge in [0.2, 0.25) is 6.10 Å². The first-order valence-corrected chi connectivity index (χ1v) is 21.8. The van der Waals surface area contributed by atoms with Gasteiger partial charge in [0.15, 0.2) is 6.67 Å². The van der Waals surface area contributed by atoms with E-state index in [9.17, 15) is 84.0 Å². The molecular weight excluding hydrogens is 874 g/mol. The Bertz CT molecular complexity index is 1500. The van der Waals surface area contributed by atoms with Crippen molar-refractivity contribution >= 4 is 44.1 Å². The molecule has 0 aliphatic heterocycles. The molecule has 0 radical (unpaired) electrons. The van der Waals surface area contributed by atoms with Gasteiger partial charge in [0.25, 0.3) is 6.36 Å². The Labute approximate surface area is 322 Å². The van der Waals surface area contributed by atoms with Crippen LogP contribution < -0.4 is 21.0 Å². The van der Waals surface area contributed by atoms with Gasteiger partial charge in [-0.25, -0.2) is 13.6 Å². The molecule has 0 fully saturated rings. The number of hydrogen-bond acceptors (Lipinski definition) is 5. The number of amides is 1. The van der Waals surface area contributed by atoms with E-state index in [-0.39, 0.29) is 6.73 Å². The van der Waals surface area contributed by atoms with Gasteiger partial charge >= 0.3 is 37.0 Å². The predicted molar refractivity (Wildman–Crippen MR) is 184 cm³/mol. The molecule has 6 nitrogen and oxygen atoms in total. The lowest BCUT2D eigenvalue weighted by Crippen LogP contribution is -2.39. The molecule has 0 aromatic heterocycles. The summed E-state index contributed by atoms with van der Waals surface area (Å²) in [4.78, 5) is 12.3. The highest BCUT2D eigenvalue weighted by Gasteiger charge is 2.49. The fraction of sp³-hybridized carbons (Fsp3) is 0.469. The topological polar surface area (TPSA) is 68.8 Å². The van der Waals surface area contributed by atoms with Crippen molar-refractivity contribution in [1.82, 2.24) is 0 Å². The first kappa shape index (κ1) is 56.3.